The minimum Gasteiger partial charge on any atom is -0.464 e. The quantitative estimate of drug-likeness (QED) is 0.146. The molecule has 0 radical (unpaired) electrons. The Balaban J connectivity index is 1.79. The van der Waals surface area contributed by atoms with E-state index in [1.165, 1.54) is 0 Å². The molecule has 0 aliphatic rings. The van der Waals surface area contributed by atoms with Gasteiger partial charge in [-0.15, -0.1) is 10.2 Å². The van der Waals surface area contributed by atoms with E-state index in [4.69, 9.17) is 15.2 Å². The van der Waals surface area contributed by atoms with Gasteiger partial charge in [0.15, 0.2) is 0 Å². The van der Waals surface area contributed by atoms with E-state index in [0.717, 1.165) is 35.1 Å². The largest absolute Gasteiger partial charge is 0.464 e. The number of amides is 1. The van der Waals surface area contributed by atoms with Crippen LogP contribution in [0.5, 0.6) is 0 Å². The first-order valence-electron chi connectivity index (χ1n) is 13.0. The summed E-state index contributed by atoms with van der Waals surface area (Å²) >= 11 is 0. The lowest BCUT2D eigenvalue weighted by atomic mass is 9.97. The molecule has 1 aromatic heterocycles. The summed E-state index contributed by atoms with van der Waals surface area (Å²) in [5.74, 6) is -0.313. The minimum absolute atomic E-state index is 0.0152. The van der Waals surface area contributed by atoms with Crippen molar-refractivity contribution in [3.05, 3.63) is 54.1 Å². The van der Waals surface area contributed by atoms with Gasteiger partial charge in [0.2, 0.25) is 11.7 Å². The fourth-order valence-electron chi connectivity index (χ4n) is 4.23. The predicted molar refractivity (Wildman–Crippen MR) is 141 cm³/mol. The lowest BCUT2D eigenvalue weighted by Gasteiger charge is -2.33. The van der Waals surface area contributed by atoms with E-state index >= 15 is 0 Å². The zero-order chi connectivity index (χ0) is 28.2. The number of aromatic amines is 1. The number of rotatable bonds is 15. The van der Waals surface area contributed by atoms with E-state index < -0.39 is 12.0 Å². The Hall–Kier alpha value is -3.71. The van der Waals surface area contributed by atoms with Gasteiger partial charge < -0.3 is 9.64 Å². The van der Waals surface area contributed by atoms with Crippen molar-refractivity contribution in [2.75, 3.05) is 13.2 Å². The fourth-order valence-corrected chi connectivity index (χ4v) is 4.23. The molecular weight excluding hydrogens is 504 g/mol. The molecular formula is C27H36N6O6. The zero-order valence-corrected chi connectivity index (χ0v) is 22.5. The summed E-state index contributed by atoms with van der Waals surface area (Å²) in [6, 6.07) is 14.8. The number of carbonyl (C=O) groups is 2. The third-order valence-corrected chi connectivity index (χ3v) is 6.14. The first-order valence-corrected chi connectivity index (χ1v) is 13.0. The van der Waals surface area contributed by atoms with E-state index in [0.29, 0.717) is 12.2 Å². The fraction of sp³-hybridized carbons (Fsp3) is 0.444. The van der Waals surface area contributed by atoms with E-state index in [9.17, 15) is 9.59 Å². The van der Waals surface area contributed by atoms with Crippen LogP contribution >= 0.6 is 0 Å². The summed E-state index contributed by atoms with van der Waals surface area (Å²) in [6.07, 6.45) is 2.17. The topological polar surface area (TPSA) is 154 Å². The molecule has 210 valence electrons. The van der Waals surface area contributed by atoms with Gasteiger partial charge in [0.25, 0.3) is 0 Å². The van der Waals surface area contributed by atoms with Crippen molar-refractivity contribution in [2.24, 2.45) is 5.92 Å². The summed E-state index contributed by atoms with van der Waals surface area (Å²) in [4.78, 5) is 32.5. The highest BCUT2D eigenvalue weighted by Gasteiger charge is 2.33. The minimum atomic E-state index is -0.777. The molecule has 1 amide bonds. The van der Waals surface area contributed by atoms with Gasteiger partial charge in [-0.05, 0) is 34.2 Å². The molecule has 0 unspecified atom stereocenters. The van der Waals surface area contributed by atoms with Gasteiger partial charge in [-0.2, -0.15) is 5.21 Å². The van der Waals surface area contributed by atoms with Crippen LogP contribution < -0.4 is 0 Å². The number of tetrazole rings is 1. The van der Waals surface area contributed by atoms with Crippen LogP contribution in [0, 0.1) is 5.92 Å². The average Bonchev–Trinajstić information content (AvgIpc) is 3.46. The maximum absolute atomic E-state index is 13.3. The molecule has 39 heavy (non-hydrogen) atoms. The number of hydrogen-bond acceptors (Lipinski definition) is 10. The number of ether oxygens (including phenoxy) is 1. The molecule has 0 spiro atoms. The van der Waals surface area contributed by atoms with Crippen LogP contribution in [0.4, 0.5) is 0 Å². The highest BCUT2D eigenvalue weighted by atomic mass is 17.1. The van der Waals surface area contributed by atoms with Crippen LogP contribution in [0.1, 0.15) is 52.0 Å². The monoisotopic (exact) mass is 540 g/mol. The van der Waals surface area contributed by atoms with Gasteiger partial charge in [0, 0.05) is 24.9 Å². The smallest absolute Gasteiger partial charge is 0.329 e. The second kappa shape index (κ2) is 15.0. The number of esters is 1. The van der Waals surface area contributed by atoms with Crippen molar-refractivity contribution < 1.29 is 29.6 Å². The van der Waals surface area contributed by atoms with Crippen molar-refractivity contribution in [2.45, 2.75) is 59.0 Å². The van der Waals surface area contributed by atoms with Gasteiger partial charge in [0.05, 0.1) is 18.6 Å². The number of unbranched alkanes of at least 4 members (excludes halogenated alkanes) is 1. The number of aromatic nitrogens is 4. The molecule has 1 atom stereocenters. The molecule has 0 saturated carbocycles. The predicted octanol–water partition coefficient (Wildman–Crippen LogP) is 4.02. The van der Waals surface area contributed by atoms with Gasteiger partial charge in [0.1, 0.15) is 6.04 Å². The van der Waals surface area contributed by atoms with E-state index in [1.807, 2.05) is 69.3 Å². The molecule has 0 fully saturated rings. The first kappa shape index (κ1) is 29.8. The maximum Gasteiger partial charge on any atom is 0.329 e. The number of hydrogen-bond donors (Lipinski definition) is 3. The van der Waals surface area contributed by atoms with E-state index in [1.54, 1.807) is 4.90 Å². The molecule has 0 saturated heterocycles. The second-order valence-corrected chi connectivity index (χ2v) is 9.40. The van der Waals surface area contributed by atoms with Crippen LogP contribution in [-0.4, -0.2) is 72.5 Å². The van der Waals surface area contributed by atoms with Crippen molar-refractivity contribution in [3.63, 3.8) is 0 Å². The van der Waals surface area contributed by atoms with Gasteiger partial charge in [-0.3, -0.25) is 20.0 Å². The summed E-state index contributed by atoms with van der Waals surface area (Å²) in [5.41, 5.74) is 3.61. The van der Waals surface area contributed by atoms with Crippen LogP contribution in [0.2, 0.25) is 0 Å². The molecule has 3 N–H and O–H groups in total. The lowest BCUT2D eigenvalue weighted by molar-refractivity contribution is -0.492. The van der Waals surface area contributed by atoms with Crippen LogP contribution in [0.15, 0.2) is 48.5 Å². The van der Waals surface area contributed by atoms with Crippen LogP contribution in [-0.2, 0) is 25.7 Å². The zero-order valence-electron chi connectivity index (χ0n) is 22.5. The molecule has 3 rings (SSSR count). The molecule has 2 aromatic carbocycles. The third kappa shape index (κ3) is 8.65. The molecule has 0 aliphatic carbocycles. The standard InChI is InChI=1S/C27H36N6O6/c1-4-5-11-24(34)32(25(19(2)3)27(35)38-16-8-17-39-33(36)37)18-20-12-14-21(15-13-20)22-9-6-7-10-23(22)26-28-30-31-29-26/h6-7,9-10,12-15,19,25,36-37H,4-5,8,11,16-18H2,1-3H3,(H,28,29,30,31)/t25-/m0/s1. The first-order chi connectivity index (χ1) is 18.8. The summed E-state index contributed by atoms with van der Waals surface area (Å²) in [6.45, 7) is 5.99. The molecule has 12 heteroatoms. The Labute approximate surface area is 227 Å². The van der Waals surface area contributed by atoms with Gasteiger partial charge in [-0.1, -0.05) is 75.7 Å². The number of benzene rings is 2. The van der Waals surface area contributed by atoms with Crippen molar-refractivity contribution in [1.82, 2.24) is 30.9 Å². The Morgan fingerprint density at radius 2 is 1.72 bits per heavy atom. The summed E-state index contributed by atoms with van der Waals surface area (Å²) < 4.78 is 5.43. The summed E-state index contributed by atoms with van der Waals surface area (Å²) in [7, 11) is 0. The lowest BCUT2D eigenvalue weighted by Crippen LogP contribution is -2.48. The Morgan fingerprint density at radius 3 is 2.33 bits per heavy atom. The molecule has 0 aliphatic heterocycles. The average molecular weight is 541 g/mol. The van der Waals surface area contributed by atoms with Crippen LogP contribution in [0.3, 0.4) is 0 Å². The van der Waals surface area contributed by atoms with Crippen LogP contribution in [0.25, 0.3) is 22.5 Å². The SMILES string of the molecule is CCCCC(=O)N(Cc1ccc(-c2ccccc2-c2nn[nH]n2)cc1)[C@H](C(=O)OCCCON(O)O)C(C)C. The Kier molecular flexibility index (Phi) is 11.5. The van der Waals surface area contributed by atoms with E-state index in [-0.39, 0.29) is 43.4 Å². The van der Waals surface area contributed by atoms with Crippen molar-refractivity contribution in [1.29, 1.82) is 0 Å². The number of nitrogens with one attached hydrogen (secondary N) is 1. The Bertz CT molecular complexity index is 1170. The molecule has 0 bridgehead atoms. The van der Waals surface area contributed by atoms with Crippen molar-refractivity contribution in [3.8, 4) is 22.5 Å². The number of nitrogens with zero attached hydrogens (tertiary/aromatic N) is 5. The molecule has 3 aromatic rings. The highest BCUT2D eigenvalue weighted by Crippen LogP contribution is 2.30. The molecule has 1 heterocycles. The maximum atomic E-state index is 13.3. The van der Waals surface area contributed by atoms with Crippen molar-refractivity contribution >= 4 is 11.9 Å². The summed E-state index contributed by atoms with van der Waals surface area (Å²) in [5, 5.41) is 31.2. The van der Waals surface area contributed by atoms with Gasteiger partial charge >= 0.3 is 5.97 Å². The van der Waals surface area contributed by atoms with Gasteiger partial charge in [-0.25, -0.2) is 4.79 Å². The number of H-pyrrole nitrogens is 1. The highest BCUT2D eigenvalue weighted by molar-refractivity contribution is 5.85. The third-order valence-electron chi connectivity index (χ3n) is 6.14. The second-order valence-electron chi connectivity index (χ2n) is 9.40. The van der Waals surface area contributed by atoms with E-state index in [2.05, 4.69) is 25.5 Å². The normalized spacial score (nSPS) is 12.1. The Morgan fingerprint density at radius 1 is 1.00 bits per heavy atom. The molecule has 12 nitrogen and oxygen atoms in total. The number of carbonyl (C=O) groups excluding carboxylic acids is 2.